The van der Waals surface area contributed by atoms with Crippen molar-refractivity contribution >= 4 is 17.7 Å². The summed E-state index contributed by atoms with van der Waals surface area (Å²) < 4.78 is 0. The largest absolute Gasteiger partial charge is 0.344 e. The van der Waals surface area contributed by atoms with Crippen LogP contribution in [0.2, 0.25) is 0 Å². The Hall–Kier alpha value is -3.10. The van der Waals surface area contributed by atoms with Gasteiger partial charge in [0, 0.05) is 63.4 Å². The van der Waals surface area contributed by atoms with Crippen LogP contribution >= 0.6 is 0 Å². The first-order valence-corrected chi connectivity index (χ1v) is 11.4. The molecule has 4 rings (SSSR count). The number of nitrogens with one attached hydrogen (secondary N) is 2. The summed E-state index contributed by atoms with van der Waals surface area (Å²) in [5, 5.41) is 0. The predicted octanol–water partition coefficient (Wildman–Crippen LogP) is 1.42. The van der Waals surface area contributed by atoms with Gasteiger partial charge in [-0.25, -0.2) is 0 Å². The number of likely N-dealkylation sites (N-methyl/N-ethyl adjacent to an activating group) is 1. The molecule has 3 heterocycles. The minimum atomic E-state index is -1.18. The molecule has 2 N–H and O–H groups in total. The Morgan fingerprint density at radius 3 is 2.58 bits per heavy atom. The van der Waals surface area contributed by atoms with Crippen molar-refractivity contribution in [1.82, 2.24) is 25.6 Å². The third-order valence-electron chi connectivity index (χ3n) is 6.60. The number of hydrogen-bond donors (Lipinski definition) is 2. The lowest BCUT2D eigenvalue weighted by Gasteiger charge is -2.30. The topological polar surface area (TPSA) is 94.6 Å². The molecule has 0 saturated carbocycles. The number of hydrazine groups is 1. The molecule has 3 amide bonds. The molecule has 8 nitrogen and oxygen atoms in total. The number of nitrogens with zero attached hydrogens (tertiary/aromatic N) is 3. The van der Waals surface area contributed by atoms with Crippen LogP contribution in [0.5, 0.6) is 0 Å². The van der Waals surface area contributed by atoms with Gasteiger partial charge in [0.15, 0.2) is 0 Å². The second-order valence-electron chi connectivity index (χ2n) is 9.12. The lowest BCUT2D eigenvalue weighted by atomic mass is 9.75. The van der Waals surface area contributed by atoms with E-state index in [2.05, 4.69) is 22.8 Å². The van der Waals surface area contributed by atoms with E-state index in [1.54, 1.807) is 18.1 Å². The summed E-state index contributed by atoms with van der Waals surface area (Å²) in [5.74, 6) is -0.690. The summed E-state index contributed by atoms with van der Waals surface area (Å²) in [6.45, 7) is 2.87. The third kappa shape index (κ3) is 4.96. The molecule has 2 aliphatic heterocycles. The third-order valence-corrected chi connectivity index (χ3v) is 6.60. The lowest BCUT2D eigenvalue weighted by molar-refractivity contribution is -0.142. The van der Waals surface area contributed by atoms with Crippen molar-refractivity contribution in [1.29, 1.82) is 0 Å². The van der Waals surface area contributed by atoms with Crippen LogP contribution in [0, 0.1) is 0 Å². The fraction of sp³-hybridized carbons (Fsp3) is 0.440. The number of aromatic nitrogens is 1. The lowest BCUT2D eigenvalue weighted by Crippen LogP contribution is -2.46. The van der Waals surface area contributed by atoms with Crippen LogP contribution in [-0.4, -0.2) is 64.7 Å². The number of amides is 3. The molecule has 0 aliphatic carbocycles. The standard InChI is InChI=1S/C25H31N5O3/c1-18-14-21(28-27-18)17-29(2)22(31)15-25(19-8-4-3-5-9-19)16-23(32)30(24(25)33)13-11-20-10-6-7-12-26-20/h3-10,12,18,21,27-28H,11,13-17H2,1-2H3. The molecule has 2 fully saturated rings. The Balaban J connectivity index is 1.53. The summed E-state index contributed by atoms with van der Waals surface area (Å²) in [5.41, 5.74) is 6.72. The molecule has 0 radical (unpaired) electrons. The van der Waals surface area contributed by atoms with Crippen molar-refractivity contribution in [2.45, 2.75) is 50.1 Å². The summed E-state index contributed by atoms with van der Waals surface area (Å²) in [4.78, 5) is 47.2. The summed E-state index contributed by atoms with van der Waals surface area (Å²) in [6, 6.07) is 15.3. The molecular formula is C25H31N5O3. The second-order valence-corrected chi connectivity index (χ2v) is 9.12. The van der Waals surface area contributed by atoms with Gasteiger partial charge in [0.25, 0.3) is 0 Å². The molecule has 1 aromatic heterocycles. The van der Waals surface area contributed by atoms with Gasteiger partial charge in [-0.1, -0.05) is 36.4 Å². The minimum absolute atomic E-state index is 0.00207. The van der Waals surface area contributed by atoms with Crippen LogP contribution in [0.3, 0.4) is 0 Å². The first kappa shape index (κ1) is 23.1. The van der Waals surface area contributed by atoms with E-state index in [1.165, 1.54) is 4.90 Å². The number of carbonyl (C=O) groups is 3. The summed E-state index contributed by atoms with van der Waals surface area (Å²) >= 11 is 0. The average molecular weight is 450 g/mol. The van der Waals surface area contributed by atoms with Gasteiger partial charge < -0.3 is 4.90 Å². The minimum Gasteiger partial charge on any atom is -0.344 e. The molecule has 2 aromatic rings. The fourth-order valence-electron chi connectivity index (χ4n) is 4.77. The maximum absolute atomic E-state index is 13.7. The number of pyridine rings is 1. The van der Waals surface area contributed by atoms with Crippen molar-refractivity contribution in [2.24, 2.45) is 0 Å². The van der Waals surface area contributed by atoms with E-state index in [-0.39, 0.29) is 43.1 Å². The van der Waals surface area contributed by atoms with Crippen molar-refractivity contribution in [3.63, 3.8) is 0 Å². The van der Waals surface area contributed by atoms with E-state index in [0.717, 1.165) is 12.1 Å². The van der Waals surface area contributed by atoms with Crippen LogP contribution in [0.25, 0.3) is 0 Å². The molecule has 3 unspecified atom stereocenters. The van der Waals surface area contributed by atoms with Crippen molar-refractivity contribution in [2.75, 3.05) is 20.1 Å². The van der Waals surface area contributed by atoms with Crippen LogP contribution in [0.1, 0.15) is 37.4 Å². The van der Waals surface area contributed by atoms with Crippen LogP contribution in [-0.2, 0) is 26.2 Å². The molecule has 3 atom stereocenters. The van der Waals surface area contributed by atoms with E-state index in [9.17, 15) is 14.4 Å². The molecule has 174 valence electrons. The Kier molecular flexibility index (Phi) is 6.85. The monoisotopic (exact) mass is 449 g/mol. The number of benzene rings is 1. The second kappa shape index (κ2) is 9.80. The Morgan fingerprint density at radius 2 is 1.91 bits per heavy atom. The van der Waals surface area contributed by atoms with Gasteiger partial charge in [-0.2, -0.15) is 0 Å². The van der Waals surface area contributed by atoms with Gasteiger partial charge in [-0.3, -0.25) is 35.1 Å². The van der Waals surface area contributed by atoms with Crippen LogP contribution in [0.4, 0.5) is 0 Å². The molecule has 2 saturated heterocycles. The zero-order valence-electron chi connectivity index (χ0n) is 19.2. The van der Waals surface area contributed by atoms with E-state index < -0.39 is 5.41 Å². The summed E-state index contributed by atoms with van der Waals surface area (Å²) in [7, 11) is 1.76. The molecular weight excluding hydrogens is 418 g/mol. The van der Waals surface area contributed by atoms with E-state index in [4.69, 9.17) is 0 Å². The number of imide groups is 1. The highest BCUT2D eigenvalue weighted by atomic mass is 16.2. The number of likely N-dealkylation sites (tertiary alicyclic amines) is 1. The van der Waals surface area contributed by atoms with Gasteiger partial charge >= 0.3 is 0 Å². The zero-order valence-corrected chi connectivity index (χ0v) is 19.2. The van der Waals surface area contributed by atoms with Gasteiger partial charge in [-0.15, -0.1) is 0 Å². The smallest absolute Gasteiger partial charge is 0.240 e. The van der Waals surface area contributed by atoms with Crippen LogP contribution in [0.15, 0.2) is 54.7 Å². The molecule has 0 spiro atoms. The molecule has 1 aromatic carbocycles. The highest BCUT2D eigenvalue weighted by Gasteiger charge is 2.53. The fourth-order valence-corrected chi connectivity index (χ4v) is 4.77. The Morgan fingerprint density at radius 1 is 1.15 bits per heavy atom. The number of carbonyl (C=O) groups excluding carboxylic acids is 3. The van der Waals surface area contributed by atoms with Crippen molar-refractivity contribution < 1.29 is 14.4 Å². The SMILES string of the molecule is CC1CC(CN(C)C(=O)CC2(c3ccccc3)CC(=O)N(CCc3ccccn3)C2=O)NN1. The zero-order chi connectivity index (χ0) is 23.4. The highest BCUT2D eigenvalue weighted by molar-refractivity contribution is 6.10. The van der Waals surface area contributed by atoms with E-state index >= 15 is 0 Å². The Bertz CT molecular complexity index is 1000. The van der Waals surface area contributed by atoms with Gasteiger partial charge in [0.2, 0.25) is 17.7 Å². The van der Waals surface area contributed by atoms with E-state index in [1.807, 2.05) is 48.5 Å². The molecule has 8 heteroatoms. The summed E-state index contributed by atoms with van der Waals surface area (Å²) in [6.07, 6.45) is 3.06. The Labute approximate surface area is 194 Å². The quantitative estimate of drug-likeness (QED) is 0.592. The molecule has 2 aliphatic rings. The van der Waals surface area contributed by atoms with Gasteiger partial charge in [-0.05, 0) is 31.0 Å². The maximum Gasteiger partial charge on any atom is 0.240 e. The van der Waals surface area contributed by atoms with Gasteiger partial charge in [0.1, 0.15) is 0 Å². The van der Waals surface area contributed by atoms with Crippen molar-refractivity contribution in [3.8, 4) is 0 Å². The molecule has 0 bridgehead atoms. The highest BCUT2D eigenvalue weighted by Crippen LogP contribution is 2.40. The average Bonchev–Trinajstić information content (AvgIpc) is 3.33. The van der Waals surface area contributed by atoms with Crippen molar-refractivity contribution in [3.05, 3.63) is 66.0 Å². The van der Waals surface area contributed by atoms with Crippen LogP contribution < -0.4 is 10.9 Å². The number of rotatable bonds is 8. The first-order valence-electron chi connectivity index (χ1n) is 11.4. The molecule has 33 heavy (non-hydrogen) atoms. The van der Waals surface area contributed by atoms with Gasteiger partial charge in [0.05, 0.1) is 5.41 Å². The maximum atomic E-state index is 13.7. The van der Waals surface area contributed by atoms with E-state index in [0.29, 0.717) is 24.6 Å². The first-order chi connectivity index (χ1) is 15.9. The predicted molar refractivity (Wildman–Crippen MR) is 124 cm³/mol. The number of hydrogen-bond acceptors (Lipinski definition) is 6. The normalized spacial score (nSPS) is 25.0.